The Morgan fingerprint density at radius 2 is 2.29 bits per heavy atom. The lowest BCUT2D eigenvalue weighted by Gasteiger charge is -2.33. The molecule has 0 bridgehead atoms. The van der Waals surface area contributed by atoms with Gasteiger partial charge in [-0.3, -0.25) is 9.69 Å². The van der Waals surface area contributed by atoms with Gasteiger partial charge in [0, 0.05) is 32.4 Å². The quantitative estimate of drug-likeness (QED) is 0.895. The average Bonchev–Trinajstić information content (AvgIpc) is 2.52. The molecule has 2 rings (SSSR count). The molecule has 116 valence electrons. The summed E-state index contributed by atoms with van der Waals surface area (Å²) in [5.74, 6) is 1.05. The number of anilines is 1. The molecule has 0 saturated carbocycles. The van der Waals surface area contributed by atoms with Crippen LogP contribution in [0.3, 0.4) is 0 Å². The Kier molecular flexibility index (Phi) is 5.56. The minimum Gasteiger partial charge on any atom is -0.362 e. The Balaban J connectivity index is 1.97. The number of pyridine rings is 1. The fourth-order valence-electron chi connectivity index (χ4n) is 2.94. The van der Waals surface area contributed by atoms with Gasteiger partial charge in [0.1, 0.15) is 5.82 Å². The van der Waals surface area contributed by atoms with E-state index in [0.29, 0.717) is 6.54 Å². The van der Waals surface area contributed by atoms with Crippen molar-refractivity contribution in [2.24, 2.45) is 0 Å². The van der Waals surface area contributed by atoms with Crippen LogP contribution in [0.5, 0.6) is 0 Å². The Labute approximate surface area is 127 Å². The average molecular weight is 290 g/mol. The van der Waals surface area contributed by atoms with Crippen molar-refractivity contribution in [3.63, 3.8) is 0 Å². The molecule has 1 fully saturated rings. The van der Waals surface area contributed by atoms with Crippen LogP contribution < -0.4 is 10.2 Å². The number of likely N-dealkylation sites (tertiary alicyclic amines) is 1. The van der Waals surface area contributed by atoms with Gasteiger partial charge in [-0.2, -0.15) is 0 Å². The Morgan fingerprint density at radius 1 is 1.48 bits per heavy atom. The smallest absolute Gasteiger partial charge is 0.237 e. The van der Waals surface area contributed by atoms with E-state index in [2.05, 4.69) is 22.1 Å². The molecule has 1 atom stereocenters. The molecular weight excluding hydrogens is 264 g/mol. The Bertz CT molecular complexity index is 475. The van der Waals surface area contributed by atoms with E-state index in [4.69, 9.17) is 0 Å². The molecule has 1 aliphatic rings. The maximum Gasteiger partial charge on any atom is 0.237 e. The second-order valence-electron chi connectivity index (χ2n) is 5.74. The molecule has 0 unspecified atom stereocenters. The van der Waals surface area contributed by atoms with Crippen LogP contribution in [0.2, 0.25) is 0 Å². The van der Waals surface area contributed by atoms with E-state index >= 15 is 0 Å². The molecule has 0 spiro atoms. The van der Waals surface area contributed by atoms with Crippen molar-refractivity contribution in [2.75, 3.05) is 32.1 Å². The van der Waals surface area contributed by atoms with Crippen LogP contribution in [0.4, 0.5) is 5.82 Å². The first kappa shape index (κ1) is 15.8. The molecule has 0 radical (unpaired) electrons. The zero-order valence-electron chi connectivity index (χ0n) is 13.3. The third-order valence-corrected chi connectivity index (χ3v) is 4.07. The summed E-state index contributed by atoms with van der Waals surface area (Å²) >= 11 is 0. The molecule has 5 nitrogen and oxygen atoms in total. The lowest BCUT2D eigenvalue weighted by Crippen LogP contribution is -2.49. The number of piperidine rings is 1. The molecule has 1 aromatic rings. The van der Waals surface area contributed by atoms with Crippen LogP contribution in [-0.2, 0) is 11.3 Å². The van der Waals surface area contributed by atoms with Crippen LogP contribution in [0.15, 0.2) is 18.3 Å². The van der Waals surface area contributed by atoms with Crippen molar-refractivity contribution < 1.29 is 4.79 Å². The first-order valence-corrected chi connectivity index (χ1v) is 7.76. The van der Waals surface area contributed by atoms with Crippen LogP contribution in [0.1, 0.15) is 31.7 Å². The van der Waals surface area contributed by atoms with Crippen molar-refractivity contribution in [3.8, 4) is 0 Å². The molecule has 21 heavy (non-hydrogen) atoms. The Hall–Kier alpha value is -1.62. The highest BCUT2D eigenvalue weighted by atomic mass is 16.2. The summed E-state index contributed by atoms with van der Waals surface area (Å²) in [4.78, 5) is 21.0. The third kappa shape index (κ3) is 3.94. The minimum absolute atomic E-state index is 0.0308. The van der Waals surface area contributed by atoms with Gasteiger partial charge in [0.15, 0.2) is 0 Å². The summed E-state index contributed by atoms with van der Waals surface area (Å²) in [6, 6.07) is 3.96. The van der Waals surface area contributed by atoms with Crippen LogP contribution in [0, 0.1) is 0 Å². The van der Waals surface area contributed by atoms with Gasteiger partial charge in [-0.25, -0.2) is 4.98 Å². The molecule has 1 saturated heterocycles. The molecule has 2 heterocycles. The number of aromatic nitrogens is 1. The molecule has 5 heteroatoms. The van der Waals surface area contributed by atoms with Crippen molar-refractivity contribution in [1.29, 1.82) is 0 Å². The van der Waals surface area contributed by atoms with Gasteiger partial charge in [-0.15, -0.1) is 0 Å². The number of likely N-dealkylation sites (N-methyl/N-ethyl adjacent to an activating group) is 1. The molecular formula is C16H26N4O. The van der Waals surface area contributed by atoms with E-state index in [9.17, 15) is 4.79 Å². The van der Waals surface area contributed by atoms with Crippen LogP contribution in [-0.4, -0.2) is 49.0 Å². The van der Waals surface area contributed by atoms with E-state index < -0.39 is 0 Å². The first-order chi connectivity index (χ1) is 10.1. The SMILES string of the molecule is CCN1CCCC[C@H]1C(=O)NCc1cccnc1N(C)C. The lowest BCUT2D eigenvalue weighted by atomic mass is 10.0. The normalized spacial score (nSPS) is 19.3. The Morgan fingerprint density at radius 3 is 3.00 bits per heavy atom. The number of nitrogens with one attached hydrogen (secondary N) is 1. The number of nitrogens with zero attached hydrogens (tertiary/aromatic N) is 3. The molecule has 1 N–H and O–H groups in total. The maximum atomic E-state index is 12.4. The second-order valence-corrected chi connectivity index (χ2v) is 5.74. The number of hydrogen-bond acceptors (Lipinski definition) is 4. The van der Waals surface area contributed by atoms with Gasteiger partial charge < -0.3 is 10.2 Å². The highest BCUT2D eigenvalue weighted by Crippen LogP contribution is 2.18. The monoisotopic (exact) mass is 290 g/mol. The van der Waals surface area contributed by atoms with Crippen LogP contribution >= 0.6 is 0 Å². The van der Waals surface area contributed by atoms with Gasteiger partial charge in [0.2, 0.25) is 5.91 Å². The van der Waals surface area contributed by atoms with Crippen LogP contribution in [0.25, 0.3) is 0 Å². The standard InChI is InChI=1S/C16H26N4O/c1-4-20-11-6-5-9-14(20)16(21)18-12-13-8-7-10-17-15(13)19(2)3/h7-8,10,14H,4-6,9,11-12H2,1-3H3,(H,18,21)/t14-/m0/s1. The topological polar surface area (TPSA) is 48.5 Å². The number of carbonyl (C=O) groups excluding carboxylic acids is 1. The fraction of sp³-hybridized carbons (Fsp3) is 0.625. The van der Waals surface area contributed by atoms with Crippen molar-refractivity contribution in [2.45, 2.75) is 38.8 Å². The van der Waals surface area contributed by atoms with Gasteiger partial charge in [-0.1, -0.05) is 19.4 Å². The number of hydrogen-bond donors (Lipinski definition) is 1. The van der Waals surface area contributed by atoms with Gasteiger partial charge >= 0.3 is 0 Å². The van der Waals surface area contributed by atoms with Gasteiger partial charge in [0.05, 0.1) is 6.04 Å². The zero-order chi connectivity index (χ0) is 15.2. The summed E-state index contributed by atoms with van der Waals surface area (Å²) in [5.41, 5.74) is 1.05. The van der Waals surface area contributed by atoms with E-state index in [1.807, 2.05) is 31.1 Å². The third-order valence-electron chi connectivity index (χ3n) is 4.07. The predicted molar refractivity (Wildman–Crippen MR) is 85.3 cm³/mol. The molecule has 1 aromatic heterocycles. The molecule has 1 amide bonds. The first-order valence-electron chi connectivity index (χ1n) is 7.76. The lowest BCUT2D eigenvalue weighted by molar-refractivity contribution is -0.127. The van der Waals surface area contributed by atoms with Crippen molar-refractivity contribution in [1.82, 2.24) is 15.2 Å². The van der Waals surface area contributed by atoms with Gasteiger partial charge in [0.25, 0.3) is 0 Å². The summed E-state index contributed by atoms with van der Waals surface area (Å²) in [5, 5.41) is 3.08. The van der Waals surface area contributed by atoms with E-state index in [1.54, 1.807) is 6.20 Å². The summed E-state index contributed by atoms with van der Waals surface area (Å²) < 4.78 is 0. The zero-order valence-corrected chi connectivity index (χ0v) is 13.3. The second kappa shape index (κ2) is 7.41. The van der Waals surface area contributed by atoms with Gasteiger partial charge in [-0.05, 0) is 32.0 Å². The van der Waals surface area contributed by atoms with Crippen molar-refractivity contribution in [3.05, 3.63) is 23.9 Å². The number of carbonyl (C=O) groups is 1. The summed E-state index contributed by atoms with van der Waals surface area (Å²) in [6.07, 6.45) is 5.09. The van der Waals surface area contributed by atoms with E-state index in [1.165, 1.54) is 6.42 Å². The highest BCUT2D eigenvalue weighted by molar-refractivity contribution is 5.81. The van der Waals surface area contributed by atoms with Crippen molar-refractivity contribution >= 4 is 11.7 Å². The van der Waals surface area contributed by atoms with E-state index in [-0.39, 0.29) is 11.9 Å². The maximum absolute atomic E-state index is 12.4. The van der Waals surface area contributed by atoms with E-state index in [0.717, 1.165) is 37.3 Å². The highest BCUT2D eigenvalue weighted by Gasteiger charge is 2.27. The predicted octanol–water partition coefficient (Wildman–Crippen LogP) is 1.64. The fourth-order valence-corrected chi connectivity index (χ4v) is 2.94. The number of amides is 1. The summed E-state index contributed by atoms with van der Waals surface area (Å²) in [7, 11) is 3.93. The molecule has 0 aromatic carbocycles. The largest absolute Gasteiger partial charge is 0.362 e. The number of rotatable bonds is 5. The molecule has 0 aliphatic carbocycles. The molecule has 1 aliphatic heterocycles. The summed E-state index contributed by atoms with van der Waals surface area (Å²) in [6.45, 7) is 4.63. The minimum atomic E-state index is 0.0308.